The van der Waals surface area contributed by atoms with Gasteiger partial charge in [0.1, 0.15) is 5.65 Å². The first-order chi connectivity index (χ1) is 12.2. The van der Waals surface area contributed by atoms with Gasteiger partial charge in [-0.2, -0.15) is 0 Å². The Balaban J connectivity index is 1.65. The Labute approximate surface area is 150 Å². The molecule has 2 aromatic heterocycles. The lowest BCUT2D eigenvalue weighted by Gasteiger charge is -2.36. The molecule has 4 rings (SSSR count). The van der Waals surface area contributed by atoms with Crippen molar-refractivity contribution in [3.8, 4) is 0 Å². The third-order valence-electron chi connectivity index (χ3n) is 4.58. The number of pyridine rings is 1. The summed E-state index contributed by atoms with van der Waals surface area (Å²) in [6.45, 7) is 3.31. The first kappa shape index (κ1) is 16.3. The van der Waals surface area contributed by atoms with Gasteiger partial charge in [-0.1, -0.05) is 29.8 Å². The molecule has 6 heteroatoms. The SMILES string of the molecule is O=c1cc(CN2CCNCC2c2cccc(Cl)c2)nc2ccccn12. The van der Waals surface area contributed by atoms with E-state index in [2.05, 4.69) is 21.3 Å². The van der Waals surface area contributed by atoms with Crippen molar-refractivity contribution in [1.29, 1.82) is 0 Å². The van der Waals surface area contributed by atoms with Gasteiger partial charge in [0.25, 0.3) is 5.56 Å². The average Bonchev–Trinajstić information content (AvgIpc) is 2.62. The molecule has 1 fully saturated rings. The van der Waals surface area contributed by atoms with Crippen LogP contribution in [-0.2, 0) is 6.54 Å². The summed E-state index contributed by atoms with van der Waals surface area (Å²) in [7, 11) is 0. The second kappa shape index (κ2) is 6.96. The van der Waals surface area contributed by atoms with Crippen LogP contribution >= 0.6 is 11.6 Å². The molecule has 0 aliphatic carbocycles. The third-order valence-corrected chi connectivity index (χ3v) is 4.81. The Morgan fingerprint density at radius 2 is 2.12 bits per heavy atom. The van der Waals surface area contributed by atoms with Crippen LogP contribution in [0.2, 0.25) is 5.02 Å². The summed E-state index contributed by atoms with van der Waals surface area (Å²) in [5, 5.41) is 4.18. The molecule has 25 heavy (non-hydrogen) atoms. The summed E-state index contributed by atoms with van der Waals surface area (Å²) in [6, 6.07) is 15.4. The summed E-state index contributed by atoms with van der Waals surface area (Å²) in [4.78, 5) is 19.3. The van der Waals surface area contributed by atoms with Crippen LogP contribution in [0.5, 0.6) is 0 Å². The monoisotopic (exact) mass is 354 g/mol. The topological polar surface area (TPSA) is 49.6 Å². The molecule has 0 spiro atoms. The van der Waals surface area contributed by atoms with Crippen molar-refractivity contribution in [3.63, 3.8) is 0 Å². The number of nitrogens with zero attached hydrogens (tertiary/aromatic N) is 3. The molecule has 1 saturated heterocycles. The van der Waals surface area contributed by atoms with E-state index < -0.39 is 0 Å². The zero-order chi connectivity index (χ0) is 17.2. The van der Waals surface area contributed by atoms with Gasteiger partial charge in [0.15, 0.2) is 0 Å². The zero-order valence-corrected chi connectivity index (χ0v) is 14.5. The van der Waals surface area contributed by atoms with Gasteiger partial charge in [0, 0.05) is 49.5 Å². The predicted molar refractivity (Wildman–Crippen MR) is 98.9 cm³/mol. The van der Waals surface area contributed by atoms with Gasteiger partial charge in [-0.15, -0.1) is 0 Å². The molecule has 1 unspecified atom stereocenters. The van der Waals surface area contributed by atoms with E-state index in [0.717, 1.165) is 30.4 Å². The first-order valence-electron chi connectivity index (χ1n) is 8.38. The van der Waals surface area contributed by atoms with E-state index in [1.54, 1.807) is 16.7 Å². The van der Waals surface area contributed by atoms with Crippen molar-refractivity contribution in [2.45, 2.75) is 12.6 Å². The van der Waals surface area contributed by atoms with E-state index >= 15 is 0 Å². The molecule has 1 N–H and O–H groups in total. The van der Waals surface area contributed by atoms with E-state index in [-0.39, 0.29) is 11.6 Å². The highest BCUT2D eigenvalue weighted by Crippen LogP contribution is 2.25. The number of hydrogen-bond acceptors (Lipinski definition) is 4. The van der Waals surface area contributed by atoms with Gasteiger partial charge in [0.05, 0.1) is 5.69 Å². The summed E-state index contributed by atoms with van der Waals surface area (Å²) >= 11 is 6.16. The fourth-order valence-corrected chi connectivity index (χ4v) is 3.57. The molecule has 0 saturated carbocycles. The van der Waals surface area contributed by atoms with Crippen LogP contribution < -0.4 is 10.9 Å². The average molecular weight is 355 g/mol. The summed E-state index contributed by atoms with van der Waals surface area (Å²) in [5.74, 6) is 0. The summed E-state index contributed by atoms with van der Waals surface area (Å²) in [5.41, 5.74) is 2.61. The van der Waals surface area contributed by atoms with Crippen LogP contribution in [0.25, 0.3) is 5.65 Å². The van der Waals surface area contributed by atoms with Crippen molar-refractivity contribution in [3.05, 3.63) is 81.4 Å². The van der Waals surface area contributed by atoms with Gasteiger partial charge in [0.2, 0.25) is 0 Å². The molecule has 5 nitrogen and oxygen atoms in total. The number of nitrogens with one attached hydrogen (secondary N) is 1. The molecule has 0 bridgehead atoms. The number of piperazine rings is 1. The molecule has 3 heterocycles. The third kappa shape index (κ3) is 3.44. The number of fused-ring (bicyclic) bond motifs is 1. The molecular formula is C19H19ClN4O. The van der Waals surface area contributed by atoms with Gasteiger partial charge < -0.3 is 5.32 Å². The van der Waals surface area contributed by atoms with E-state index in [1.807, 2.05) is 36.4 Å². The lowest BCUT2D eigenvalue weighted by molar-refractivity contribution is 0.152. The van der Waals surface area contributed by atoms with Gasteiger partial charge in [-0.3, -0.25) is 14.1 Å². The van der Waals surface area contributed by atoms with Crippen molar-refractivity contribution in [2.24, 2.45) is 0 Å². The van der Waals surface area contributed by atoms with Crippen LogP contribution in [0.1, 0.15) is 17.3 Å². The number of rotatable bonds is 3. The molecule has 0 amide bonds. The van der Waals surface area contributed by atoms with Crippen LogP contribution in [0, 0.1) is 0 Å². The second-order valence-corrected chi connectivity index (χ2v) is 6.70. The first-order valence-corrected chi connectivity index (χ1v) is 8.76. The lowest BCUT2D eigenvalue weighted by atomic mass is 10.0. The normalized spacial score (nSPS) is 18.5. The molecule has 1 atom stereocenters. The quantitative estimate of drug-likeness (QED) is 0.785. The Morgan fingerprint density at radius 1 is 1.20 bits per heavy atom. The van der Waals surface area contributed by atoms with Crippen molar-refractivity contribution in [2.75, 3.05) is 19.6 Å². The smallest absolute Gasteiger partial charge is 0.258 e. The fraction of sp³-hybridized carbons (Fsp3) is 0.263. The Bertz CT molecular complexity index is 955. The maximum atomic E-state index is 12.3. The lowest BCUT2D eigenvalue weighted by Crippen LogP contribution is -2.45. The van der Waals surface area contributed by atoms with Gasteiger partial charge in [-0.25, -0.2) is 4.98 Å². The molecule has 0 radical (unpaired) electrons. The number of hydrogen-bond donors (Lipinski definition) is 1. The van der Waals surface area contributed by atoms with E-state index in [1.165, 1.54) is 5.56 Å². The molecule has 1 aromatic carbocycles. The Kier molecular flexibility index (Phi) is 4.53. The van der Waals surface area contributed by atoms with E-state index in [4.69, 9.17) is 11.6 Å². The van der Waals surface area contributed by atoms with E-state index in [0.29, 0.717) is 12.2 Å². The number of benzene rings is 1. The highest BCUT2D eigenvalue weighted by Gasteiger charge is 2.24. The maximum absolute atomic E-state index is 12.3. The fourth-order valence-electron chi connectivity index (χ4n) is 3.37. The van der Waals surface area contributed by atoms with Crippen LogP contribution in [0.3, 0.4) is 0 Å². The highest BCUT2D eigenvalue weighted by atomic mass is 35.5. The van der Waals surface area contributed by atoms with Crippen LogP contribution in [-0.4, -0.2) is 33.9 Å². The minimum absolute atomic E-state index is 0.0463. The zero-order valence-electron chi connectivity index (χ0n) is 13.7. The van der Waals surface area contributed by atoms with Gasteiger partial charge >= 0.3 is 0 Å². The van der Waals surface area contributed by atoms with Crippen molar-refractivity contribution in [1.82, 2.24) is 19.6 Å². The predicted octanol–water partition coefficient (Wildman–Crippen LogP) is 2.49. The molecule has 128 valence electrons. The number of aromatic nitrogens is 2. The van der Waals surface area contributed by atoms with Crippen molar-refractivity contribution >= 4 is 17.2 Å². The largest absolute Gasteiger partial charge is 0.314 e. The minimum atomic E-state index is -0.0463. The number of halogens is 1. The van der Waals surface area contributed by atoms with Gasteiger partial charge in [-0.05, 0) is 29.8 Å². The maximum Gasteiger partial charge on any atom is 0.258 e. The standard InChI is InChI=1S/C19H19ClN4O/c20-15-5-3-4-14(10-15)17-12-21-7-9-23(17)13-16-11-19(25)24-8-2-1-6-18(24)22-16/h1-6,8,10-11,17,21H,7,9,12-13H2. The second-order valence-electron chi connectivity index (χ2n) is 6.26. The minimum Gasteiger partial charge on any atom is -0.314 e. The molecule has 1 aliphatic rings. The van der Waals surface area contributed by atoms with Crippen LogP contribution in [0.15, 0.2) is 59.5 Å². The molecule has 3 aromatic rings. The Hall–Kier alpha value is -2.21. The van der Waals surface area contributed by atoms with Crippen LogP contribution in [0.4, 0.5) is 0 Å². The molecule has 1 aliphatic heterocycles. The highest BCUT2D eigenvalue weighted by molar-refractivity contribution is 6.30. The van der Waals surface area contributed by atoms with Crippen molar-refractivity contribution < 1.29 is 0 Å². The summed E-state index contributed by atoms with van der Waals surface area (Å²) in [6.07, 6.45) is 1.74. The molecular weight excluding hydrogens is 336 g/mol. The Morgan fingerprint density at radius 3 is 3.00 bits per heavy atom. The summed E-state index contributed by atoms with van der Waals surface area (Å²) < 4.78 is 1.57. The van der Waals surface area contributed by atoms with E-state index in [9.17, 15) is 4.79 Å².